The van der Waals surface area contributed by atoms with Crippen molar-refractivity contribution in [3.63, 3.8) is 0 Å². The number of aromatic hydroxyl groups is 1. The molecular weight excluding hydrogens is 608 g/mol. The number of carbonyl (C=O) groups is 5. The van der Waals surface area contributed by atoms with Crippen molar-refractivity contribution in [3.8, 4) is 11.5 Å². The molecule has 8 unspecified atom stereocenters. The van der Waals surface area contributed by atoms with Crippen LogP contribution in [0.1, 0.15) is 18.4 Å². The third kappa shape index (κ3) is 7.49. The zero-order chi connectivity index (χ0) is 33.2. The molecule has 244 valence electrons. The molecule has 0 amide bonds. The molecule has 0 spiro atoms. The topological polar surface area (TPSA) is 291 Å². The van der Waals surface area contributed by atoms with Crippen molar-refractivity contribution in [1.29, 1.82) is 0 Å². The number of rotatable bonds is 11. The molecule has 0 aliphatic carbocycles. The number of ether oxygens (including phenoxy) is 3. The summed E-state index contributed by atoms with van der Waals surface area (Å²) in [6.45, 7) is -0.723. The summed E-state index contributed by atoms with van der Waals surface area (Å²) in [4.78, 5) is 57.7. The van der Waals surface area contributed by atoms with Gasteiger partial charge in [-0.05, 0) is 23.8 Å². The molecule has 4 rings (SSSR count). The van der Waals surface area contributed by atoms with Crippen LogP contribution < -0.4 is 15.0 Å². The van der Waals surface area contributed by atoms with Crippen LogP contribution in [0.15, 0.2) is 35.6 Å². The van der Waals surface area contributed by atoms with Gasteiger partial charge < -0.3 is 60.4 Å². The van der Waals surface area contributed by atoms with E-state index in [1.807, 2.05) is 0 Å². The van der Waals surface area contributed by atoms with Gasteiger partial charge in [-0.3, -0.25) is 14.5 Å². The summed E-state index contributed by atoms with van der Waals surface area (Å²) in [5.41, 5.74) is 0.764. The Balaban J connectivity index is 1.54. The van der Waals surface area contributed by atoms with Crippen LogP contribution in [-0.2, 0) is 39.9 Å². The predicted octanol–water partition coefficient (Wildman–Crippen LogP) is -3.54. The molecule has 1 aromatic carbocycles. The molecule has 10 N–H and O–H groups in total. The quantitative estimate of drug-likeness (QED) is 0.0828. The molecule has 0 bridgehead atoms. The number of aliphatic hydroxyl groups excluding tert-OH is 3. The van der Waals surface area contributed by atoms with E-state index >= 15 is 0 Å². The van der Waals surface area contributed by atoms with E-state index in [4.69, 9.17) is 19.3 Å². The normalized spacial score (nSPS) is 30.0. The van der Waals surface area contributed by atoms with E-state index in [0.29, 0.717) is 21.7 Å². The van der Waals surface area contributed by atoms with Crippen LogP contribution in [0.4, 0.5) is 5.69 Å². The highest BCUT2D eigenvalue weighted by Crippen LogP contribution is 2.36. The van der Waals surface area contributed by atoms with Gasteiger partial charge in [-0.1, -0.05) is 0 Å². The molecule has 1 saturated heterocycles. The van der Waals surface area contributed by atoms with Crippen molar-refractivity contribution < 1.29 is 83.9 Å². The third-order valence-electron chi connectivity index (χ3n) is 7.50. The number of phenolic OH excluding ortho intramolecular Hbond substituents is 1. The Hall–Kier alpha value is -4.75. The first-order chi connectivity index (χ1) is 21.2. The highest BCUT2D eigenvalue weighted by molar-refractivity contribution is 5.90. The Bertz CT molecular complexity index is 1440. The Morgan fingerprint density at radius 2 is 1.69 bits per heavy atom. The van der Waals surface area contributed by atoms with E-state index in [1.54, 1.807) is 0 Å². The fraction of sp³-hybridized carbons (Fsp3) is 0.444. The summed E-state index contributed by atoms with van der Waals surface area (Å²) in [5.74, 6) is -7.25. The van der Waals surface area contributed by atoms with Gasteiger partial charge in [0.25, 0.3) is 0 Å². The minimum absolute atomic E-state index is 0.0223. The van der Waals surface area contributed by atoms with Gasteiger partial charge in [0.05, 0.1) is 0 Å². The van der Waals surface area contributed by atoms with E-state index in [9.17, 15) is 59.7 Å². The average molecular weight is 640 g/mol. The summed E-state index contributed by atoms with van der Waals surface area (Å²) in [7, 11) is 0. The zero-order valence-corrected chi connectivity index (χ0v) is 23.2. The number of carbonyl (C=O) groups excluding carboxylic acids is 1. The second kappa shape index (κ2) is 13.5. The van der Waals surface area contributed by atoms with Crippen LogP contribution >= 0.6 is 0 Å². The van der Waals surface area contributed by atoms with Crippen LogP contribution in [-0.4, -0.2) is 127 Å². The number of hydrogen-bond donors (Lipinski definition) is 10. The van der Waals surface area contributed by atoms with E-state index in [2.05, 4.69) is 5.32 Å². The van der Waals surface area contributed by atoms with Crippen molar-refractivity contribution in [3.05, 3.63) is 41.1 Å². The maximum atomic E-state index is 12.1. The maximum absolute atomic E-state index is 12.1. The predicted molar refractivity (Wildman–Crippen MR) is 142 cm³/mol. The molecule has 8 atom stereocenters. The lowest BCUT2D eigenvalue weighted by Crippen LogP contribution is -3.11. The SMILES string of the molecule is O=C(O)CC(=O)OCC1OC(Oc2cc3c(cc2O)[NH+](CC=C2C=C(C(=O)O)NC(C(=O)O)C2)C(C(=O)O)C3)C(O)C(O)C1O. The Morgan fingerprint density at radius 3 is 2.31 bits per heavy atom. The number of carboxylic acids is 4. The number of quaternary nitrogens is 1. The van der Waals surface area contributed by atoms with Gasteiger partial charge in [-0.2, -0.15) is 0 Å². The molecule has 0 saturated carbocycles. The molecule has 3 aliphatic rings. The highest BCUT2D eigenvalue weighted by Gasteiger charge is 2.46. The number of nitrogens with one attached hydrogen (secondary N) is 2. The Labute approximate surface area is 253 Å². The molecule has 0 aromatic heterocycles. The number of carboxylic acid groups (broad SMARTS) is 4. The van der Waals surface area contributed by atoms with E-state index in [-0.39, 0.29) is 30.8 Å². The zero-order valence-electron chi connectivity index (χ0n) is 23.2. The van der Waals surface area contributed by atoms with Gasteiger partial charge in [-0.25, -0.2) is 14.4 Å². The van der Waals surface area contributed by atoms with Crippen LogP contribution in [0.25, 0.3) is 0 Å². The largest absolute Gasteiger partial charge is 0.504 e. The molecule has 3 heterocycles. The lowest BCUT2D eigenvalue weighted by molar-refractivity contribution is -0.838. The van der Waals surface area contributed by atoms with Crippen LogP contribution in [0, 0.1) is 0 Å². The van der Waals surface area contributed by atoms with Gasteiger partial charge in [0.15, 0.2) is 17.5 Å². The number of esters is 1. The lowest BCUT2D eigenvalue weighted by Gasteiger charge is -2.39. The lowest BCUT2D eigenvalue weighted by atomic mass is 9.99. The molecule has 3 aliphatic heterocycles. The van der Waals surface area contributed by atoms with E-state index < -0.39 is 91.4 Å². The molecule has 18 nitrogen and oxygen atoms in total. The second-order valence-corrected chi connectivity index (χ2v) is 10.6. The summed E-state index contributed by atoms with van der Waals surface area (Å²) in [5, 5.41) is 81.4. The van der Waals surface area contributed by atoms with E-state index in [1.165, 1.54) is 24.3 Å². The fourth-order valence-corrected chi connectivity index (χ4v) is 5.23. The molecule has 0 radical (unpaired) electrons. The maximum Gasteiger partial charge on any atom is 0.363 e. The third-order valence-corrected chi connectivity index (χ3v) is 7.50. The Morgan fingerprint density at radius 1 is 0.978 bits per heavy atom. The van der Waals surface area contributed by atoms with Crippen molar-refractivity contribution in [2.75, 3.05) is 13.2 Å². The second-order valence-electron chi connectivity index (χ2n) is 10.6. The van der Waals surface area contributed by atoms with Crippen molar-refractivity contribution in [2.45, 2.75) is 62.1 Å². The summed E-state index contributed by atoms with van der Waals surface area (Å²) >= 11 is 0. The molecule has 1 aromatic rings. The summed E-state index contributed by atoms with van der Waals surface area (Å²) < 4.78 is 15.8. The van der Waals surface area contributed by atoms with Crippen molar-refractivity contribution in [1.82, 2.24) is 5.32 Å². The van der Waals surface area contributed by atoms with Gasteiger partial charge in [0.2, 0.25) is 6.29 Å². The van der Waals surface area contributed by atoms with Gasteiger partial charge in [0, 0.05) is 24.5 Å². The van der Waals surface area contributed by atoms with Crippen molar-refractivity contribution in [2.24, 2.45) is 0 Å². The molecular formula is C27H31N2O16+. The number of allylic oxidation sites excluding steroid dienone is 1. The van der Waals surface area contributed by atoms with Gasteiger partial charge >= 0.3 is 29.8 Å². The van der Waals surface area contributed by atoms with Crippen LogP contribution in [0.5, 0.6) is 11.5 Å². The smallest absolute Gasteiger partial charge is 0.363 e. The molecule has 18 heteroatoms. The first kappa shape index (κ1) is 33.1. The number of aliphatic hydroxyl groups is 3. The standard InChI is InChI=1S/C27H30N2O16/c30-16-7-14-11(5-15(26(41)42)29(14)2-1-10-3-12(24(37)38)28-13(4-10)25(39)40)6-17(16)44-27-23(36)22(35)21(34)18(45-27)9-43-20(33)8-19(31)32/h1,3,6-7,13,15,18,21-23,27-28,30,34-36H,2,4-5,8-9H2,(H,31,32)(H,37,38)(H,39,40)(H,41,42)/p+1. The average Bonchev–Trinajstić information content (AvgIpc) is 3.32. The summed E-state index contributed by atoms with van der Waals surface area (Å²) in [6.07, 6.45) is -6.98. The molecule has 1 fully saturated rings. The monoisotopic (exact) mass is 639 g/mol. The minimum Gasteiger partial charge on any atom is -0.504 e. The van der Waals surface area contributed by atoms with Crippen molar-refractivity contribution >= 4 is 35.5 Å². The van der Waals surface area contributed by atoms with E-state index in [0.717, 1.165) is 0 Å². The highest BCUT2D eigenvalue weighted by atomic mass is 16.7. The van der Waals surface area contributed by atoms with Gasteiger partial charge in [0.1, 0.15) is 61.4 Å². The van der Waals surface area contributed by atoms with Crippen LogP contribution in [0.2, 0.25) is 0 Å². The number of benzene rings is 1. The van der Waals surface area contributed by atoms with Gasteiger partial charge in [-0.15, -0.1) is 0 Å². The minimum atomic E-state index is -1.86. The first-order valence-corrected chi connectivity index (χ1v) is 13.5. The number of phenols is 1. The fourth-order valence-electron chi connectivity index (χ4n) is 5.23. The van der Waals surface area contributed by atoms with Crippen LogP contribution in [0.3, 0.4) is 0 Å². The first-order valence-electron chi connectivity index (χ1n) is 13.5. The number of fused-ring (bicyclic) bond motifs is 1. The number of hydrogen-bond acceptors (Lipinski definition) is 13. The summed E-state index contributed by atoms with van der Waals surface area (Å²) in [6, 6.07) is 0.239. The number of aliphatic carboxylic acids is 4. The Kier molecular flexibility index (Phi) is 9.94. The molecule has 45 heavy (non-hydrogen) atoms.